The molecule has 0 spiro atoms. The van der Waals surface area contributed by atoms with Gasteiger partial charge >= 0.3 is 6.18 Å². The van der Waals surface area contributed by atoms with Crippen molar-refractivity contribution in [2.45, 2.75) is 26.9 Å². The van der Waals surface area contributed by atoms with E-state index in [0.717, 1.165) is 19.1 Å². The fourth-order valence-electron chi connectivity index (χ4n) is 2.53. The number of alkyl halides is 3. The minimum absolute atomic E-state index is 0.105. The predicted molar refractivity (Wildman–Crippen MR) is 71.0 cm³/mol. The second-order valence-corrected chi connectivity index (χ2v) is 5.09. The van der Waals surface area contributed by atoms with Gasteiger partial charge in [0.25, 0.3) is 0 Å². The second-order valence-electron chi connectivity index (χ2n) is 5.09. The van der Waals surface area contributed by atoms with Crippen molar-refractivity contribution in [1.82, 2.24) is 0 Å². The Morgan fingerprint density at radius 2 is 1.38 bits per heavy atom. The fourth-order valence-corrected chi connectivity index (χ4v) is 2.53. The third-order valence-electron chi connectivity index (χ3n) is 3.29. The topological polar surface area (TPSA) is 0 Å². The highest BCUT2D eigenvalue weighted by atomic mass is 19.4. The summed E-state index contributed by atoms with van der Waals surface area (Å²) in [6, 6.07) is 4.86. The van der Waals surface area contributed by atoms with Crippen LogP contribution in [0.4, 0.5) is 22.0 Å². The molecule has 0 aliphatic carbocycles. The van der Waals surface area contributed by atoms with Gasteiger partial charge in [-0.15, -0.1) is 0 Å². The van der Waals surface area contributed by atoms with E-state index in [-0.39, 0.29) is 16.7 Å². The van der Waals surface area contributed by atoms with Gasteiger partial charge in [0.2, 0.25) is 0 Å². The number of halogens is 5. The molecule has 0 amide bonds. The molecule has 0 N–H and O–H groups in total. The Balaban J connectivity index is 2.69. The third-order valence-corrected chi connectivity index (χ3v) is 3.29. The lowest BCUT2D eigenvalue weighted by Crippen LogP contribution is -2.11. The molecule has 2 aromatic rings. The minimum Gasteiger partial charge on any atom is -0.206 e. The van der Waals surface area contributed by atoms with Crippen LogP contribution < -0.4 is 0 Å². The normalized spacial score (nSPS) is 11.8. The van der Waals surface area contributed by atoms with Gasteiger partial charge in [0.15, 0.2) is 0 Å². The summed E-state index contributed by atoms with van der Waals surface area (Å²) in [4.78, 5) is 0. The molecule has 0 saturated heterocycles. The van der Waals surface area contributed by atoms with Crippen LogP contribution in [0.3, 0.4) is 0 Å². The number of hydrogen-bond acceptors (Lipinski definition) is 0. The summed E-state index contributed by atoms with van der Waals surface area (Å²) >= 11 is 0. The number of rotatable bonds is 1. The van der Waals surface area contributed by atoms with Crippen molar-refractivity contribution >= 4 is 0 Å². The monoisotopic (exact) mass is 300 g/mol. The van der Waals surface area contributed by atoms with Crippen molar-refractivity contribution in [1.29, 1.82) is 0 Å². The van der Waals surface area contributed by atoms with Gasteiger partial charge in [-0.05, 0) is 55.2 Å². The van der Waals surface area contributed by atoms with Crippen molar-refractivity contribution in [2.75, 3.05) is 0 Å². The Bertz CT molecular complexity index is 652. The van der Waals surface area contributed by atoms with Crippen molar-refractivity contribution < 1.29 is 22.0 Å². The first-order chi connectivity index (χ1) is 9.61. The van der Waals surface area contributed by atoms with Crippen LogP contribution in [0.2, 0.25) is 0 Å². The van der Waals surface area contributed by atoms with Gasteiger partial charge in [-0.3, -0.25) is 0 Å². The number of hydrogen-bond donors (Lipinski definition) is 0. The van der Waals surface area contributed by atoms with Gasteiger partial charge in [0.05, 0.1) is 5.56 Å². The van der Waals surface area contributed by atoms with E-state index in [1.54, 1.807) is 19.9 Å². The third kappa shape index (κ3) is 2.91. The average Bonchev–Trinajstić information content (AvgIpc) is 2.23. The molecule has 0 unspecified atom stereocenters. The molecule has 2 rings (SSSR count). The zero-order valence-electron chi connectivity index (χ0n) is 11.7. The van der Waals surface area contributed by atoms with Crippen molar-refractivity contribution in [3.05, 3.63) is 58.2 Å². The van der Waals surface area contributed by atoms with Crippen molar-refractivity contribution in [3.63, 3.8) is 0 Å². The van der Waals surface area contributed by atoms with Crippen LogP contribution in [0, 0.1) is 32.4 Å². The van der Waals surface area contributed by atoms with Crippen molar-refractivity contribution in [2.24, 2.45) is 0 Å². The van der Waals surface area contributed by atoms with E-state index < -0.39 is 23.4 Å². The van der Waals surface area contributed by atoms with E-state index >= 15 is 0 Å². The Labute approximate surface area is 119 Å². The average molecular weight is 300 g/mol. The van der Waals surface area contributed by atoms with Gasteiger partial charge in [0.1, 0.15) is 11.6 Å². The second kappa shape index (κ2) is 5.13. The van der Waals surface area contributed by atoms with E-state index in [9.17, 15) is 22.0 Å². The van der Waals surface area contributed by atoms with E-state index in [1.807, 2.05) is 0 Å². The van der Waals surface area contributed by atoms with Crippen LogP contribution >= 0.6 is 0 Å². The molecule has 0 saturated carbocycles. The summed E-state index contributed by atoms with van der Waals surface area (Å²) in [6.45, 7) is 4.51. The molecule has 0 bridgehead atoms. The lowest BCUT2D eigenvalue weighted by atomic mass is 9.94. The first-order valence-corrected chi connectivity index (χ1v) is 6.25. The minimum atomic E-state index is -4.77. The van der Waals surface area contributed by atoms with Crippen LogP contribution in [0.25, 0.3) is 11.1 Å². The lowest BCUT2D eigenvalue weighted by molar-refractivity contribution is -0.140. The molecule has 112 valence electrons. The molecule has 0 atom stereocenters. The van der Waals surface area contributed by atoms with Gasteiger partial charge in [-0.1, -0.05) is 12.1 Å². The maximum atomic E-state index is 14.1. The maximum absolute atomic E-state index is 14.1. The molecule has 0 aliphatic rings. The van der Waals surface area contributed by atoms with Crippen molar-refractivity contribution in [3.8, 4) is 11.1 Å². The highest BCUT2D eigenvalue weighted by molar-refractivity contribution is 5.69. The number of benzene rings is 2. The summed E-state index contributed by atoms with van der Waals surface area (Å²) in [5.41, 5.74) is -0.110. The smallest absolute Gasteiger partial charge is 0.206 e. The highest BCUT2D eigenvalue weighted by Crippen LogP contribution is 2.37. The summed E-state index contributed by atoms with van der Waals surface area (Å²) in [6.07, 6.45) is -4.77. The summed E-state index contributed by atoms with van der Waals surface area (Å²) < 4.78 is 66.1. The molecule has 2 aromatic carbocycles. The van der Waals surface area contributed by atoms with E-state index in [4.69, 9.17) is 0 Å². The Morgan fingerprint density at radius 1 is 0.762 bits per heavy atom. The summed E-state index contributed by atoms with van der Waals surface area (Å²) in [5, 5.41) is 0. The Morgan fingerprint density at radius 3 is 1.86 bits per heavy atom. The van der Waals surface area contributed by atoms with E-state index in [1.165, 1.54) is 6.07 Å². The van der Waals surface area contributed by atoms with Crippen LogP contribution in [0.15, 0.2) is 24.3 Å². The zero-order chi connectivity index (χ0) is 15.9. The molecule has 0 aliphatic heterocycles. The molecule has 0 heterocycles. The SMILES string of the molecule is Cc1cc(C)c(-c2cc(C)c(C(F)(F)F)c(F)c2)c(F)c1. The quantitative estimate of drug-likeness (QED) is 0.603. The molecule has 5 heteroatoms. The lowest BCUT2D eigenvalue weighted by Gasteiger charge is -2.15. The standard InChI is InChI=1S/C16H13F5/c1-8-4-9(2)14(12(17)5-8)11-6-10(3)15(13(18)7-11)16(19,20)21/h4-7H,1-3H3. The molecule has 0 fully saturated rings. The zero-order valence-corrected chi connectivity index (χ0v) is 11.7. The summed E-state index contributed by atoms with van der Waals surface area (Å²) in [5.74, 6) is -1.97. The highest BCUT2D eigenvalue weighted by Gasteiger charge is 2.36. The maximum Gasteiger partial charge on any atom is 0.419 e. The molecular weight excluding hydrogens is 287 g/mol. The van der Waals surface area contributed by atoms with Gasteiger partial charge < -0.3 is 0 Å². The largest absolute Gasteiger partial charge is 0.419 e. The first-order valence-electron chi connectivity index (χ1n) is 6.25. The van der Waals surface area contributed by atoms with Gasteiger partial charge in [-0.2, -0.15) is 13.2 Å². The van der Waals surface area contributed by atoms with E-state index in [0.29, 0.717) is 11.1 Å². The predicted octanol–water partition coefficient (Wildman–Crippen LogP) is 5.58. The van der Waals surface area contributed by atoms with Crippen LogP contribution in [0.1, 0.15) is 22.3 Å². The van der Waals surface area contributed by atoms with Crippen LogP contribution in [-0.2, 0) is 6.18 Å². The number of aryl methyl sites for hydroxylation is 3. The molecule has 0 radical (unpaired) electrons. The Kier molecular flexibility index (Phi) is 3.78. The van der Waals surface area contributed by atoms with Crippen LogP contribution in [0.5, 0.6) is 0 Å². The Hall–Kier alpha value is -1.91. The molecular formula is C16H13F5. The van der Waals surface area contributed by atoms with E-state index in [2.05, 4.69) is 0 Å². The van der Waals surface area contributed by atoms with Crippen LogP contribution in [-0.4, -0.2) is 0 Å². The van der Waals surface area contributed by atoms with Gasteiger partial charge in [0, 0.05) is 5.56 Å². The first kappa shape index (κ1) is 15.5. The van der Waals surface area contributed by atoms with Gasteiger partial charge in [-0.25, -0.2) is 8.78 Å². The molecule has 21 heavy (non-hydrogen) atoms. The summed E-state index contributed by atoms with van der Waals surface area (Å²) in [7, 11) is 0. The molecule has 0 nitrogen and oxygen atoms in total. The molecule has 0 aromatic heterocycles. The fraction of sp³-hybridized carbons (Fsp3) is 0.250.